The molecule has 1 amide bonds. The Bertz CT molecular complexity index is 1380. The van der Waals surface area contributed by atoms with Gasteiger partial charge in [-0.25, -0.2) is 13.2 Å². The Morgan fingerprint density at radius 1 is 1.00 bits per heavy atom. The largest absolute Gasteiger partial charge is 0.454 e. The number of sulfonamides is 1. The predicted molar refractivity (Wildman–Crippen MR) is 131 cm³/mol. The number of nitrogens with zero attached hydrogens (tertiary/aromatic N) is 1. The fourth-order valence-corrected chi connectivity index (χ4v) is 4.82. The number of esters is 1. The third-order valence-corrected chi connectivity index (χ3v) is 7.50. The number of carbonyl (C=O) groups excluding carboxylic acids is 2. The molecule has 0 radical (unpaired) electrons. The number of hydrogen-bond acceptors (Lipinski definition) is 7. The first-order valence-electron chi connectivity index (χ1n) is 10.9. The van der Waals surface area contributed by atoms with E-state index in [2.05, 4.69) is 5.32 Å². The monoisotopic (exact) mass is 530 g/mol. The zero-order valence-electron chi connectivity index (χ0n) is 19.3. The van der Waals surface area contributed by atoms with Crippen molar-refractivity contribution in [3.63, 3.8) is 0 Å². The van der Waals surface area contributed by atoms with E-state index in [0.717, 1.165) is 17.2 Å². The number of carbonyl (C=O) groups is 2. The minimum absolute atomic E-state index is 0.00503. The lowest BCUT2D eigenvalue weighted by Crippen LogP contribution is -2.28. The molecule has 36 heavy (non-hydrogen) atoms. The van der Waals surface area contributed by atoms with Crippen molar-refractivity contribution < 1.29 is 32.2 Å². The van der Waals surface area contributed by atoms with Crippen LogP contribution in [0.25, 0.3) is 0 Å². The van der Waals surface area contributed by atoms with Crippen LogP contribution in [0.2, 0.25) is 5.02 Å². The SMILES string of the molecule is CN(Cc1ccccc1)S(=O)(=O)c1ccc(Cl)c(C(=O)OCC(=O)NCc2ccc3c(c2)OCO3)c1. The van der Waals surface area contributed by atoms with Gasteiger partial charge in [0.2, 0.25) is 16.8 Å². The van der Waals surface area contributed by atoms with Crippen LogP contribution in [0.3, 0.4) is 0 Å². The molecule has 0 bridgehead atoms. The maximum atomic E-state index is 13.0. The van der Waals surface area contributed by atoms with E-state index in [1.807, 2.05) is 30.3 Å². The number of amides is 1. The van der Waals surface area contributed by atoms with Crippen LogP contribution in [0.4, 0.5) is 0 Å². The first-order chi connectivity index (χ1) is 17.2. The normalized spacial score (nSPS) is 12.4. The predicted octanol–water partition coefficient (Wildman–Crippen LogP) is 3.36. The molecule has 4 rings (SSSR count). The number of fused-ring (bicyclic) bond motifs is 1. The quantitative estimate of drug-likeness (QED) is 0.422. The lowest BCUT2D eigenvalue weighted by atomic mass is 10.2. The fourth-order valence-electron chi connectivity index (χ4n) is 3.44. The zero-order valence-corrected chi connectivity index (χ0v) is 20.8. The van der Waals surface area contributed by atoms with Crippen molar-refractivity contribution in [1.82, 2.24) is 9.62 Å². The van der Waals surface area contributed by atoms with E-state index in [4.69, 9.17) is 25.8 Å². The molecule has 9 nitrogen and oxygen atoms in total. The summed E-state index contributed by atoms with van der Waals surface area (Å²) >= 11 is 6.12. The maximum Gasteiger partial charge on any atom is 0.340 e. The number of benzene rings is 3. The highest BCUT2D eigenvalue weighted by Gasteiger charge is 2.24. The first-order valence-corrected chi connectivity index (χ1v) is 12.7. The Balaban J connectivity index is 1.36. The van der Waals surface area contributed by atoms with Crippen molar-refractivity contribution in [2.24, 2.45) is 0 Å². The highest BCUT2D eigenvalue weighted by molar-refractivity contribution is 7.89. The van der Waals surface area contributed by atoms with Gasteiger partial charge in [0.1, 0.15) is 0 Å². The molecule has 1 heterocycles. The molecule has 0 aliphatic carbocycles. The Hall–Kier alpha value is -3.60. The van der Waals surface area contributed by atoms with Gasteiger partial charge in [0.25, 0.3) is 5.91 Å². The summed E-state index contributed by atoms with van der Waals surface area (Å²) in [5.41, 5.74) is 1.43. The van der Waals surface area contributed by atoms with Crippen LogP contribution in [0, 0.1) is 0 Å². The molecule has 0 spiro atoms. The van der Waals surface area contributed by atoms with E-state index in [9.17, 15) is 18.0 Å². The van der Waals surface area contributed by atoms with Crippen LogP contribution in [0.1, 0.15) is 21.5 Å². The van der Waals surface area contributed by atoms with Gasteiger partial charge in [-0.1, -0.05) is 48.0 Å². The highest BCUT2D eigenvalue weighted by atomic mass is 35.5. The highest BCUT2D eigenvalue weighted by Crippen LogP contribution is 2.32. The van der Waals surface area contributed by atoms with Gasteiger partial charge in [0.15, 0.2) is 18.1 Å². The average molecular weight is 531 g/mol. The van der Waals surface area contributed by atoms with Gasteiger partial charge < -0.3 is 19.5 Å². The smallest absolute Gasteiger partial charge is 0.340 e. The van der Waals surface area contributed by atoms with Gasteiger partial charge in [-0.05, 0) is 41.5 Å². The third-order valence-electron chi connectivity index (χ3n) is 5.37. The molecule has 0 unspecified atom stereocenters. The Morgan fingerprint density at radius 2 is 1.75 bits per heavy atom. The molecule has 1 N–H and O–H groups in total. The summed E-state index contributed by atoms with van der Waals surface area (Å²) in [5, 5.41) is 2.64. The molecule has 11 heteroatoms. The summed E-state index contributed by atoms with van der Waals surface area (Å²) in [4.78, 5) is 24.6. The molecule has 3 aromatic rings. The third kappa shape index (κ3) is 5.96. The second kappa shape index (κ2) is 11.0. The van der Waals surface area contributed by atoms with Gasteiger partial charge in [0, 0.05) is 20.1 Å². The van der Waals surface area contributed by atoms with Gasteiger partial charge in [-0.2, -0.15) is 4.31 Å². The van der Waals surface area contributed by atoms with Crippen LogP contribution in [0.15, 0.2) is 71.6 Å². The molecule has 3 aromatic carbocycles. The van der Waals surface area contributed by atoms with Crippen molar-refractivity contribution in [1.29, 1.82) is 0 Å². The number of ether oxygens (including phenoxy) is 3. The van der Waals surface area contributed by atoms with Gasteiger partial charge in [-0.3, -0.25) is 4.79 Å². The van der Waals surface area contributed by atoms with E-state index in [-0.39, 0.29) is 35.4 Å². The molecule has 1 aliphatic rings. The fraction of sp³-hybridized carbons (Fsp3) is 0.200. The van der Waals surface area contributed by atoms with Gasteiger partial charge in [0.05, 0.1) is 15.5 Å². The molecule has 1 aliphatic heterocycles. The van der Waals surface area contributed by atoms with Crippen LogP contribution in [-0.2, 0) is 32.6 Å². The molecule has 188 valence electrons. The molecular weight excluding hydrogens is 508 g/mol. The molecule has 0 saturated heterocycles. The van der Waals surface area contributed by atoms with E-state index >= 15 is 0 Å². The van der Waals surface area contributed by atoms with E-state index < -0.39 is 28.5 Å². The number of halogens is 1. The van der Waals surface area contributed by atoms with Gasteiger partial charge >= 0.3 is 5.97 Å². The number of nitrogens with one attached hydrogen (secondary N) is 1. The second-order valence-corrected chi connectivity index (χ2v) is 10.4. The number of hydrogen-bond donors (Lipinski definition) is 1. The van der Waals surface area contributed by atoms with E-state index in [1.54, 1.807) is 18.2 Å². The average Bonchev–Trinajstić information content (AvgIpc) is 3.34. The van der Waals surface area contributed by atoms with Crippen LogP contribution in [-0.4, -0.2) is 45.0 Å². The summed E-state index contributed by atoms with van der Waals surface area (Å²) in [6.45, 7) is -0.0789. The van der Waals surface area contributed by atoms with Crippen molar-refractivity contribution in [2.45, 2.75) is 18.0 Å². The van der Waals surface area contributed by atoms with Crippen molar-refractivity contribution in [3.8, 4) is 11.5 Å². The van der Waals surface area contributed by atoms with Crippen molar-refractivity contribution in [2.75, 3.05) is 20.4 Å². The minimum atomic E-state index is -3.92. The number of rotatable bonds is 9. The molecule has 0 aromatic heterocycles. The van der Waals surface area contributed by atoms with Crippen molar-refractivity contribution >= 4 is 33.5 Å². The Morgan fingerprint density at radius 3 is 2.53 bits per heavy atom. The maximum absolute atomic E-state index is 13.0. The van der Waals surface area contributed by atoms with E-state index in [1.165, 1.54) is 23.5 Å². The molecule has 0 fully saturated rings. The summed E-state index contributed by atoms with van der Waals surface area (Å²) in [7, 11) is -2.47. The van der Waals surface area contributed by atoms with Crippen LogP contribution < -0.4 is 14.8 Å². The molecule has 0 saturated carbocycles. The summed E-state index contributed by atoms with van der Waals surface area (Å²) in [5.74, 6) is -0.233. The van der Waals surface area contributed by atoms with Gasteiger partial charge in [-0.15, -0.1) is 0 Å². The molecular formula is C25H23ClN2O7S. The van der Waals surface area contributed by atoms with E-state index in [0.29, 0.717) is 11.5 Å². The topological polar surface area (TPSA) is 111 Å². The van der Waals surface area contributed by atoms with Crippen LogP contribution >= 0.6 is 11.6 Å². The first kappa shape index (κ1) is 25.5. The summed E-state index contributed by atoms with van der Waals surface area (Å²) in [6.07, 6.45) is 0. The lowest BCUT2D eigenvalue weighted by Gasteiger charge is -2.18. The minimum Gasteiger partial charge on any atom is -0.454 e. The Kier molecular flexibility index (Phi) is 7.78. The van der Waals surface area contributed by atoms with Crippen molar-refractivity contribution in [3.05, 3.63) is 88.4 Å². The molecule has 0 atom stereocenters. The second-order valence-electron chi connectivity index (χ2n) is 7.93. The summed E-state index contributed by atoms with van der Waals surface area (Å²) in [6, 6.07) is 18.1. The lowest BCUT2D eigenvalue weighted by molar-refractivity contribution is -0.124. The Labute approximate surface area is 213 Å². The summed E-state index contributed by atoms with van der Waals surface area (Å²) < 4.78 is 42.8. The zero-order chi connectivity index (χ0) is 25.7. The van der Waals surface area contributed by atoms with Crippen LogP contribution in [0.5, 0.6) is 11.5 Å². The standard InChI is InChI=1S/C25H23ClN2O7S/c1-28(14-17-5-3-2-4-6-17)36(31,32)19-8-9-21(26)20(12-19)25(30)33-15-24(29)27-13-18-7-10-22-23(11-18)35-16-34-22/h2-12H,13-16H2,1H3,(H,27,29).